The van der Waals surface area contributed by atoms with E-state index in [2.05, 4.69) is 21.3 Å². The molecule has 2 rings (SSSR count). The molecule has 228 valence electrons. The van der Waals surface area contributed by atoms with E-state index < -0.39 is 42.5 Å². The normalized spacial score (nSPS) is 13.9. The maximum atomic E-state index is 12.9. The first-order valence-corrected chi connectivity index (χ1v) is 13.5. The molecule has 0 saturated carbocycles. The lowest BCUT2D eigenvalue weighted by Crippen LogP contribution is -2.53. The van der Waals surface area contributed by atoms with Crippen molar-refractivity contribution < 1.29 is 43.4 Å². The molecule has 2 atom stereocenters. The van der Waals surface area contributed by atoms with E-state index in [9.17, 15) is 33.6 Å². The number of imide groups is 1. The molecule has 14 nitrogen and oxygen atoms in total. The highest BCUT2D eigenvalue weighted by Gasteiger charge is 2.27. The number of hydrogen-bond acceptors (Lipinski definition) is 8. The molecule has 0 spiro atoms. The van der Waals surface area contributed by atoms with Crippen LogP contribution in [-0.4, -0.2) is 76.8 Å². The predicted molar refractivity (Wildman–Crippen MR) is 150 cm³/mol. The van der Waals surface area contributed by atoms with E-state index >= 15 is 0 Å². The molecule has 1 aliphatic heterocycles. The van der Waals surface area contributed by atoms with Crippen LogP contribution in [0, 0.1) is 5.92 Å². The van der Waals surface area contributed by atoms with Crippen LogP contribution in [0.2, 0.25) is 0 Å². The van der Waals surface area contributed by atoms with E-state index in [1.54, 1.807) is 38.1 Å². The third-order valence-electron chi connectivity index (χ3n) is 6.18. The standard InChI is InChI=1S/C28H37N5O9/c1-17(2)25(32-21(34)7-5-4-6-14-33-22(35)12-13-23(33)36)27(40)30-18(3)26(39)31-20-10-8-19(9-11-20)16-42-28(41)29-15-24(37)38/h8-13,17-18,25H,4-7,14-16H2,1-3H3,(H,29,41)(H,30,40)(H,31,39)(H,32,34)(H,37,38). The number of unbranched alkanes of at least 4 members (excludes halogenated alkanes) is 2. The Morgan fingerprint density at radius 2 is 1.52 bits per heavy atom. The van der Waals surface area contributed by atoms with Crippen molar-refractivity contribution in [3.05, 3.63) is 42.0 Å². The quantitative estimate of drug-likeness (QED) is 0.139. The topological polar surface area (TPSA) is 200 Å². The van der Waals surface area contributed by atoms with Gasteiger partial charge in [-0.25, -0.2) is 4.79 Å². The van der Waals surface area contributed by atoms with Crippen LogP contribution in [0.1, 0.15) is 52.0 Å². The van der Waals surface area contributed by atoms with Crippen molar-refractivity contribution in [2.45, 2.75) is 65.1 Å². The Bertz CT molecular complexity index is 1180. The van der Waals surface area contributed by atoms with Crippen LogP contribution >= 0.6 is 0 Å². The Labute approximate surface area is 243 Å². The minimum absolute atomic E-state index is 0.104. The molecule has 0 aliphatic carbocycles. The van der Waals surface area contributed by atoms with Gasteiger partial charge in [-0.3, -0.25) is 33.7 Å². The number of aliphatic carboxylic acids is 1. The second-order valence-electron chi connectivity index (χ2n) is 10.0. The molecular formula is C28H37N5O9. The SMILES string of the molecule is CC(NC(=O)C(NC(=O)CCCCCN1C(=O)C=CC1=O)C(C)C)C(=O)Nc1ccc(COC(=O)NCC(=O)O)cc1. The van der Waals surface area contributed by atoms with Crippen molar-refractivity contribution >= 4 is 47.3 Å². The first-order chi connectivity index (χ1) is 19.9. The second-order valence-corrected chi connectivity index (χ2v) is 10.0. The van der Waals surface area contributed by atoms with Gasteiger partial charge in [0.05, 0.1) is 0 Å². The Morgan fingerprint density at radius 1 is 0.881 bits per heavy atom. The summed E-state index contributed by atoms with van der Waals surface area (Å²) in [5, 5.41) is 18.6. The van der Waals surface area contributed by atoms with Crippen LogP contribution in [0.15, 0.2) is 36.4 Å². The Hall–Kier alpha value is -4.75. The van der Waals surface area contributed by atoms with Gasteiger partial charge in [0.25, 0.3) is 11.8 Å². The van der Waals surface area contributed by atoms with Crippen molar-refractivity contribution in [1.29, 1.82) is 0 Å². The Morgan fingerprint density at radius 3 is 2.12 bits per heavy atom. The largest absolute Gasteiger partial charge is 0.480 e. The van der Waals surface area contributed by atoms with Gasteiger partial charge in [-0.05, 0) is 43.4 Å². The van der Waals surface area contributed by atoms with Gasteiger partial charge in [0.15, 0.2) is 0 Å². The molecule has 1 heterocycles. The predicted octanol–water partition coefficient (Wildman–Crippen LogP) is 1.07. The number of carboxylic acid groups (broad SMARTS) is 1. The van der Waals surface area contributed by atoms with Crippen molar-refractivity contribution in [2.24, 2.45) is 5.92 Å². The molecular weight excluding hydrogens is 550 g/mol. The number of amides is 6. The van der Waals surface area contributed by atoms with Gasteiger partial charge in [-0.1, -0.05) is 32.4 Å². The molecule has 0 radical (unpaired) electrons. The summed E-state index contributed by atoms with van der Waals surface area (Å²) in [4.78, 5) is 84.1. The lowest BCUT2D eigenvalue weighted by molar-refractivity contribution is -0.137. The number of carbonyl (C=O) groups excluding carboxylic acids is 6. The van der Waals surface area contributed by atoms with Gasteiger partial charge < -0.3 is 31.1 Å². The molecule has 42 heavy (non-hydrogen) atoms. The van der Waals surface area contributed by atoms with Gasteiger partial charge in [0, 0.05) is 30.8 Å². The third kappa shape index (κ3) is 11.4. The summed E-state index contributed by atoms with van der Waals surface area (Å²) < 4.78 is 4.90. The third-order valence-corrected chi connectivity index (χ3v) is 6.18. The van der Waals surface area contributed by atoms with Gasteiger partial charge in [0.1, 0.15) is 25.2 Å². The fourth-order valence-corrected chi connectivity index (χ4v) is 3.82. The van der Waals surface area contributed by atoms with E-state index in [0.29, 0.717) is 30.5 Å². The maximum Gasteiger partial charge on any atom is 0.407 e. The molecule has 1 aromatic rings. The van der Waals surface area contributed by atoms with E-state index in [-0.39, 0.29) is 43.2 Å². The summed E-state index contributed by atoms with van der Waals surface area (Å²) in [6.07, 6.45) is 3.45. The van der Waals surface area contributed by atoms with E-state index in [1.165, 1.54) is 19.1 Å². The highest BCUT2D eigenvalue weighted by atomic mass is 16.5. The number of ether oxygens (including phenoxy) is 1. The zero-order chi connectivity index (χ0) is 31.2. The molecule has 0 saturated heterocycles. The molecule has 6 amide bonds. The van der Waals surface area contributed by atoms with Gasteiger partial charge in [-0.15, -0.1) is 0 Å². The Balaban J connectivity index is 1.74. The summed E-state index contributed by atoms with van der Waals surface area (Å²) in [7, 11) is 0. The summed E-state index contributed by atoms with van der Waals surface area (Å²) in [5.41, 5.74) is 1.04. The number of nitrogens with one attached hydrogen (secondary N) is 4. The smallest absolute Gasteiger partial charge is 0.407 e. The van der Waals surface area contributed by atoms with Crippen molar-refractivity contribution in [3.63, 3.8) is 0 Å². The van der Waals surface area contributed by atoms with Crippen LogP contribution < -0.4 is 21.3 Å². The highest BCUT2D eigenvalue weighted by molar-refractivity contribution is 6.12. The molecule has 1 aromatic carbocycles. The number of alkyl carbamates (subject to hydrolysis) is 1. The number of carbonyl (C=O) groups is 7. The van der Waals surface area contributed by atoms with Crippen LogP contribution in [-0.2, 0) is 40.1 Å². The average molecular weight is 588 g/mol. The Kier molecular flexibility index (Phi) is 13.1. The van der Waals surface area contributed by atoms with E-state index in [0.717, 1.165) is 4.90 Å². The molecule has 1 aliphatic rings. The summed E-state index contributed by atoms with van der Waals surface area (Å²) in [6, 6.07) is 4.60. The summed E-state index contributed by atoms with van der Waals surface area (Å²) in [5.74, 6) is -3.43. The molecule has 0 bridgehead atoms. The molecule has 5 N–H and O–H groups in total. The zero-order valence-electron chi connectivity index (χ0n) is 23.8. The molecule has 2 unspecified atom stereocenters. The van der Waals surface area contributed by atoms with Crippen LogP contribution in [0.4, 0.5) is 10.5 Å². The van der Waals surface area contributed by atoms with Crippen molar-refractivity contribution in [3.8, 4) is 0 Å². The lowest BCUT2D eigenvalue weighted by Gasteiger charge is -2.24. The second kappa shape index (κ2) is 16.5. The molecule has 14 heteroatoms. The zero-order valence-corrected chi connectivity index (χ0v) is 23.8. The first-order valence-electron chi connectivity index (χ1n) is 13.5. The van der Waals surface area contributed by atoms with Crippen molar-refractivity contribution in [2.75, 3.05) is 18.4 Å². The van der Waals surface area contributed by atoms with Crippen LogP contribution in [0.25, 0.3) is 0 Å². The number of carboxylic acids is 1. The monoisotopic (exact) mass is 587 g/mol. The first kappa shape index (κ1) is 33.5. The fourth-order valence-electron chi connectivity index (χ4n) is 3.82. The minimum Gasteiger partial charge on any atom is -0.480 e. The number of anilines is 1. The fraction of sp³-hybridized carbons (Fsp3) is 0.464. The van der Waals surface area contributed by atoms with Crippen LogP contribution in [0.5, 0.6) is 0 Å². The van der Waals surface area contributed by atoms with Gasteiger partial charge >= 0.3 is 12.1 Å². The van der Waals surface area contributed by atoms with Gasteiger partial charge in [0.2, 0.25) is 17.7 Å². The van der Waals surface area contributed by atoms with E-state index in [1.807, 2.05) is 0 Å². The van der Waals surface area contributed by atoms with Gasteiger partial charge in [-0.2, -0.15) is 0 Å². The highest BCUT2D eigenvalue weighted by Crippen LogP contribution is 2.12. The number of rotatable bonds is 16. The number of hydrogen-bond donors (Lipinski definition) is 5. The molecule has 0 fully saturated rings. The van der Waals surface area contributed by atoms with E-state index in [4.69, 9.17) is 9.84 Å². The lowest BCUT2D eigenvalue weighted by atomic mass is 10.0. The minimum atomic E-state index is -1.20. The number of benzene rings is 1. The molecule has 0 aromatic heterocycles. The van der Waals surface area contributed by atoms with Crippen LogP contribution in [0.3, 0.4) is 0 Å². The summed E-state index contributed by atoms with van der Waals surface area (Å²) in [6.45, 7) is 4.68. The number of nitrogens with zero attached hydrogens (tertiary/aromatic N) is 1. The maximum absolute atomic E-state index is 12.9. The average Bonchev–Trinajstić information content (AvgIpc) is 3.26. The summed E-state index contributed by atoms with van der Waals surface area (Å²) >= 11 is 0. The van der Waals surface area contributed by atoms with Crippen molar-refractivity contribution in [1.82, 2.24) is 20.9 Å².